The molecule has 3 aromatic rings. The van der Waals surface area contributed by atoms with Crippen LogP contribution < -0.4 is 31.9 Å². The fourth-order valence-corrected chi connectivity index (χ4v) is 4.13. The molecular weight excluding hydrogens is 504 g/mol. The first kappa shape index (κ1) is 26.5. The lowest BCUT2D eigenvalue weighted by Crippen LogP contribution is -2.22. The average molecular weight is 533 g/mol. The van der Waals surface area contributed by atoms with Gasteiger partial charge in [-0.3, -0.25) is 9.98 Å². The van der Waals surface area contributed by atoms with Gasteiger partial charge in [0.1, 0.15) is 11.7 Å². The number of anilines is 4. The van der Waals surface area contributed by atoms with E-state index in [-0.39, 0.29) is 24.5 Å². The highest BCUT2D eigenvalue weighted by molar-refractivity contribution is 6.05. The van der Waals surface area contributed by atoms with E-state index >= 15 is 0 Å². The largest absolute Gasteiger partial charge is 0.368 e. The molecule has 3 aromatic carbocycles. The summed E-state index contributed by atoms with van der Waals surface area (Å²) < 4.78 is 0. The second kappa shape index (κ2) is 12.1. The van der Waals surface area contributed by atoms with E-state index in [1.807, 2.05) is 55.5 Å². The van der Waals surface area contributed by atoms with Crippen molar-refractivity contribution in [3.8, 4) is 0 Å². The van der Waals surface area contributed by atoms with E-state index in [0.29, 0.717) is 22.7 Å². The Morgan fingerprint density at radius 1 is 0.684 bits per heavy atom. The number of benzene rings is 3. The zero-order valence-corrected chi connectivity index (χ0v) is 21.6. The molecule has 0 atom stereocenters. The molecule has 0 aromatic heterocycles. The molecule has 2 aliphatic rings. The first-order valence-electron chi connectivity index (χ1n) is 12.1. The molecule has 196 valence electrons. The van der Waals surface area contributed by atoms with Crippen LogP contribution in [0.25, 0.3) is 0 Å². The summed E-state index contributed by atoms with van der Waals surface area (Å²) in [6.45, 7) is 5.00. The topological polar surface area (TPSA) is 131 Å². The molecule has 0 fully saturated rings. The van der Waals surface area contributed by atoms with Gasteiger partial charge in [0.15, 0.2) is 0 Å². The van der Waals surface area contributed by atoms with Crippen LogP contribution in [0, 0.1) is 6.92 Å². The highest BCUT2D eigenvalue weighted by atomic mass is 35.5. The maximum absolute atomic E-state index is 12.6. The molecule has 0 radical (unpaired) electrons. The summed E-state index contributed by atoms with van der Waals surface area (Å²) in [5.74, 6) is 1.67. The van der Waals surface area contributed by atoms with Gasteiger partial charge in [-0.2, -0.15) is 0 Å². The van der Waals surface area contributed by atoms with Gasteiger partial charge in [-0.15, -0.1) is 12.4 Å². The van der Waals surface area contributed by atoms with Crippen LogP contribution in [0.4, 0.5) is 32.3 Å². The van der Waals surface area contributed by atoms with Gasteiger partial charge >= 0.3 is 12.1 Å². The third kappa shape index (κ3) is 6.60. The second-order valence-corrected chi connectivity index (χ2v) is 8.66. The Hall–Kier alpha value is -4.57. The molecule has 5 rings (SSSR count). The predicted molar refractivity (Wildman–Crippen MR) is 155 cm³/mol. The van der Waals surface area contributed by atoms with Gasteiger partial charge < -0.3 is 31.9 Å². The maximum Gasteiger partial charge on any atom is 0.323 e. The molecule has 0 aliphatic carbocycles. The number of aryl methyl sites for hydroxylation is 1. The Morgan fingerprint density at radius 3 is 1.66 bits per heavy atom. The minimum absolute atomic E-state index is 0. The van der Waals surface area contributed by atoms with Gasteiger partial charge in [-0.05, 0) is 55.0 Å². The fourth-order valence-electron chi connectivity index (χ4n) is 4.13. The lowest BCUT2D eigenvalue weighted by Gasteiger charge is -2.13. The predicted octanol–water partition coefficient (Wildman–Crippen LogP) is 4.40. The molecule has 2 aliphatic heterocycles. The number of carbonyl (C=O) groups excluding carboxylic acids is 2. The molecule has 6 N–H and O–H groups in total. The van der Waals surface area contributed by atoms with Gasteiger partial charge in [0.2, 0.25) is 0 Å². The minimum Gasteiger partial charge on any atom is -0.368 e. The molecule has 0 saturated carbocycles. The Bertz CT molecular complexity index is 1410. The van der Waals surface area contributed by atoms with Crippen molar-refractivity contribution in [2.75, 3.05) is 47.4 Å². The zero-order chi connectivity index (χ0) is 25.6. The second-order valence-electron chi connectivity index (χ2n) is 8.66. The van der Waals surface area contributed by atoms with Crippen LogP contribution >= 0.6 is 12.4 Å². The molecule has 0 spiro atoms. The number of amides is 4. The summed E-state index contributed by atoms with van der Waals surface area (Å²) in [5, 5.41) is 17.8. The van der Waals surface area contributed by atoms with Crippen molar-refractivity contribution in [1.29, 1.82) is 0 Å². The number of hydrogen-bond acceptors (Lipinski definition) is 6. The van der Waals surface area contributed by atoms with E-state index in [0.717, 1.165) is 54.5 Å². The zero-order valence-electron chi connectivity index (χ0n) is 20.8. The number of aliphatic imine (C=N–C) groups is 2. The van der Waals surface area contributed by atoms with Crippen molar-refractivity contribution < 1.29 is 9.59 Å². The highest BCUT2D eigenvalue weighted by Crippen LogP contribution is 2.21. The molecule has 0 bridgehead atoms. The number of urea groups is 2. The molecular formula is C27H29ClN8O2. The van der Waals surface area contributed by atoms with E-state index in [1.54, 1.807) is 18.2 Å². The number of hydrogen-bond donors (Lipinski definition) is 6. The highest BCUT2D eigenvalue weighted by Gasteiger charge is 2.12. The van der Waals surface area contributed by atoms with E-state index in [2.05, 4.69) is 41.9 Å². The Kier molecular flexibility index (Phi) is 8.44. The first-order valence-corrected chi connectivity index (χ1v) is 12.1. The van der Waals surface area contributed by atoms with Crippen LogP contribution in [0.1, 0.15) is 16.7 Å². The normalized spacial score (nSPS) is 13.7. The molecule has 2 heterocycles. The molecule has 10 nitrogen and oxygen atoms in total. The molecule has 0 saturated heterocycles. The number of nitrogens with zero attached hydrogens (tertiary/aromatic N) is 2. The summed E-state index contributed by atoms with van der Waals surface area (Å²) in [7, 11) is 0. The Labute approximate surface area is 226 Å². The molecule has 4 amide bonds. The SMILES string of the molecule is Cc1cc(NC(=O)Nc2cccc(C3=NCCN3)c2)ccc1NC(=O)Nc1cccc(C2=NCCN2)c1.Cl. The Balaban J connectivity index is 0.00000336. The van der Waals surface area contributed by atoms with Crippen LogP contribution in [-0.4, -0.2) is 49.9 Å². The maximum atomic E-state index is 12.6. The fraction of sp³-hybridized carbons (Fsp3) is 0.185. The minimum atomic E-state index is -0.363. The lowest BCUT2D eigenvalue weighted by atomic mass is 10.1. The van der Waals surface area contributed by atoms with Crippen molar-refractivity contribution in [2.24, 2.45) is 9.98 Å². The quantitative estimate of drug-likeness (QED) is 0.281. The van der Waals surface area contributed by atoms with Crippen LogP contribution in [0.3, 0.4) is 0 Å². The summed E-state index contributed by atoms with van der Waals surface area (Å²) in [6, 6.07) is 19.6. The summed E-state index contributed by atoms with van der Waals surface area (Å²) >= 11 is 0. The monoisotopic (exact) mass is 532 g/mol. The Morgan fingerprint density at radius 2 is 1.18 bits per heavy atom. The standard InChI is InChI=1S/C27H28N8O2.ClH/c1-17-14-22(34-26(36)32-20-6-2-4-18(15-20)24-28-10-11-29-24)8-9-23(17)35-27(37)33-21-7-3-5-19(16-21)25-30-12-13-31-25;/h2-9,14-16H,10-13H2,1H3,(H,28,29)(H,30,31)(H2,32,34,36)(H2,33,35,37);1H. The molecule has 0 unspecified atom stereocenters. The molecule has 38 heavy (non-hydrogen) atoms. The van der Waals surface area contributed by atoms with Crippen LogP contribution in [0.2, 0.25) is 0 Å². The summed E-state index contributed by atoms with van der Waals surface area (Å²) in [5.41, 5.74) is 5.23. The first-order chi connectivity index (χ1) is 18.0. The number of carbonyl (C=O) groups is 2. The number of amidine groups is 2. The third-order valence-corrected chi connectivity index (χ3v) is 5.87. The van der Waals surface area contributed by atoms with Gasteiger partial charge in [0.05, 0.1) is 13.1 Å². The van der Waals surface area contributed by atoms with Gasteiger partial charge in [0.25, 0.3) is 0 Å². The average Bonchev–Trinajstić information content (AvgIpc) is 3.61. The van der Waals surface area contributed by atoms with Crippen LogP contribution in [0.15, 0.2) is 76.7 Å². The van der Waals surface area contributed by atoms with Crippen molar-refractivity contribution in [1.82, 2.24) is 10.6 Å². The van der Waals surface area contributed by atoms with Crippen molar-refractivity contribution in [3.05, 3.63) is 83.4 Å². The van der Waals surface area contributed by atoms with Gasteiger partial charge in [-0.25, -0.2) is 9.59 Å². The van der Waals surface area contributed by atoms with Crippen molar-refractivity contribution >= 4 is 58.9 Å². The summed E-state index contributed by atoms with van der Waals surface area (Å²) in [4.78, 5) is 34.0. The smallest absolute Gasteiger partial charge is 0.323 e. The van der Waals surface area contributed by atoms with E-state index < -0.39 is 0 Å². The lowest BCUT2D eigenvalue weighted by molar-refractivity contribution is 0.261. The van der Waals surface area contributed by atoms with Gasteiger partial charge in [0, 0.05) is 47.0 Å². The van der Waals surface area contributed by atoms with E-state index in [4.69, 9.17) is 0 Å². The number of nitrogens with one attached hydrogen (secondary N) is 6. The van der Waals surface area contributed by atoms with Crippen molar-refractivity contribution in [2.45, 2.75) is 6.92 Å². The number of rotatable bonds is 6. The van der Waals surface area contributed by atoms with Crippen molar-refractivity contribution in [3.63, 3.8) is 0 Å². The van der Waals surface area contributed by atoms with E-state index in [1.165, 1.54) is 0 Å². The van der Waals surface area contributed by atoms with Crippen LogP contribution in [0.5, 0.6) is 0 Å². The summed E-state index contributed by atoms with van der Waals surface area (Å²) in [6.07, 6.45) is 0. The van der Waals surface area contributed by atoms with Gasteiger partial charge in [-0.1, -0.05) is 24.3 Å². The number of halogens is 1. The molecule has 11 heteroatoms. The third-order valence-electron chi connectivity index (χ3n) is 5.87. The van der Waals surface area contributed by atoms with E-state index in [9.17, 15) is 9.59 Å². The van der Waals surface area contributed by atoms with Crippen LogP contribution in [-0.2, 0) is 0 Å².